The number of benzene rings is 1. The number of aryl methyl sites for hydroxylation is 1. The van der Waals surface area contributed by atoms with E-state index in [1.807, 2.05) is 48.7 Å². The van der Waals surface area contributed by atoms with Crippen LogP contribution in [-0.2, 0) is 22.5 Å². The fraction of sp³-hybridized carbons (Fsp3) is 0.364. The minimum absolute atomic E-state index is 0.162. The quantitative estimate of drug-likeness (QED) is 0.478. The molecular formula is C22H24N2O4S2. The van der Waals surface area contributed by atoms with Gasteiger partial charge in [-0.2, -0.15) is 0 Å². The summed E-state index contributed by atoms with van der Waals surface area (Å²) in [5.74, 6) is 3.78. The minimum Gasteiger partial charge on any atom is -0.493 e. The number of hydrogen-bond acceptors (Lipinski definition) is 8. The number of rotatable bonds is 8. The van der Waals surface area contributed by atoms with Crippen molar-refractivity contribution in [2.45, 2.75) is 25.9 Å². The Morgan fingerprint density at radius 1 is 1.30 bits per heavy atom. The van der Waals surface area contributed by atoms with E-state index >= 15 is 0 Å². The summed E-state index contributed by atoms with van der Waals surface area (Å²) < 4.78 is 16.6. The molecule has 0 aliphatic carbocycles. The smallest absolute Gasteiger partial charge is 0.323 e. The molecule has 3 aromatic rings. The van der Waals surface area contributed by atoms with E-state index in [-0.39, 0.29) is 12.0 Å². The highest BCUT2D eigenvalue weighted by Crippen LogP contribution is 2.27. The molecule has 0 amide bonds. The van der Waals surface area contributed by atoms with Gasteiger partial charge in [0.15, 0.2) is 0 Å². The Bertz CT molecular complexity index is 970. The highest BCUT2D eigenvalue weighted by Gasteiger charge is 2.31. The van der Waals surface area contributed by atoms with Gasteiger partial charge in [0.25, 0.3) is 0 Å². The Morgan fingerprint density at radius 3 is 2.87 bits per heavy atom. The number of oxazole rings is 1. The van der Waals surface area contributed by atoms with Gasteiger partial charge in [0.1, 0.15) is 17.6 Å². The third kappa shape index (κ3) is 4.88. The van der Waals surface area contributed by atoms with Crippen LogP contribution < -0.4 is 4.74 Å². The molecule has 0 saturated carbocycles. The van der Waals surface area contributed by atoms with Gasteiger partial charge in [0.05, 0.1) is 24.3 Å². The average Bonchev–Trinajstić information content (AvgIpc) is 3.50. The minimum atomic E-state index is -0.166. The van der Waals surface area contributed by atoms with Crippen LogP contribution in [0.2, 0.25) is 0 Å². The Labute approximate surface area is 184 Å². The van der Waals surface area contributed by atoms with Crippen LogP contribution >= 0.6 is 23.1 Å². The van der Waals surface area contributed by atoms with Crippen LogP contribution in [0.3, 0.4) is 0 Å². The molecule has 0 N–H and O–H groups in total. The molecule has 158 valence electrons. The largest absolute Gasteiger partial charge is 0.493 e. The van der Waals surface area contributed by atoms with E-state index in [1.54, 1.807) is 23.1 Å². The van der Waals surface area contributed by atoms with Gasteiger partial charge < -0.3 is 13.9 Å². The van der Waals surface area contributed by atoms with Crippen LogP contribution in [0.25, 0.3) is 10.8 Å². The van der Waals surface area contributed by atoms with Gasteiger partial charge in [-0.15, -0.1) is 23.1 Å². The van der Waals surface area contributed by atoms with Crippen molar-refractivity contribution in [2.24, 2.45) is 0 Å². The number of thiophene rings is 1. The first-order valence-electron chi connectivity index (χ1n) is 9.75. The first-order valence-corrected chi connectivity index (χ1v) is 11.8. The Balaban J connectivity index is 1.29. The van der Waals surface area contributed by atoms with Crippen LogP contribution in [0.5, 0.6) is 5.75 Å². The van der Waals surface area contributed by atoms with Gasteiger partial charge in [0, 0.05) is 24.6 Å². The summed E-state index contributed by atoms with van der Waals surface area (Å²) >= 11 is 3.37. The molecule has 1 fully saturated rings. The summed E-state index contributed by atoms with van der Waals surface area (Å²) in [7, 11) is 1.44. The van der Waals surface area contributed by atoms with Gasteiger partial charge in [-0.05, 0) is 36.1 Å². The first kappa shape index (κ1) is 21.0. The fourth-order valence-corrected chi connectivity index (χ4v) is 5.17. The van der Waals surface area contributed by atoms with E-state index in [9.17, 15) is 4.79 Å². The van der Waals surface area contributed by atoms with Crippen molar-refractivity contribution in [1.82, 2.24) is 9.88 Å². The molecule has 30 heavy (non-hydrogen) atoms. The van der Waals surface area contributed by atoms with Crippen molar-refractivity contribution in [1.29, 1.82) is 0 Å². The van der Waals surface area contributed by atoms with Crippen molar-refractivity contribution >= 4 is 29.1 Å². The summed E-state index contributed by atoms with van der Waals surface area (Å²) in [6, 6.07) is 11.9. The summed E-state index contributed by atoms with van der Waals surface area (Å²) in [5, 5.41) is 2.01. The fourth-order valence-electron chi connectivity index (χ4n) is 3.34. The molecule has 0 bridgehead atoms. The second-order valence-electron chi connectivity index (χ2n) is 7.03. The Morgan fingerprint density at radius 2 is 2.13 bits per heavy atom. The molecule has 1 atom stereocenters. The number of hydrogen-bond donors (Lipinski definition) is 0. The van der Waals surface area contributed by atoms with Gasteiger partial charge >= 0.3 is 5.97 Å². The zero-order valence-electron chi connectivity index (χ0n) is 17.0. The lowest BCUT2D eigenvalue weighted by molar-refractivity contribution is -0.145. The number of carbonyl (C=O) groups excluding carboxylic acids is 1. The second kappa shape index (κ2) is 9.68. The molecule has 1 aliphatic heterocycles. The number of methoxy groups -OCH3 is 1. The van der Waals surface area contributed by atoms with Gasteiger partial charge in [-0.3, -0.25) is 9.69 Å². The van der Waals surface area contributed by atoms with Crippen molar-refractivity contribution < 1.29 is 18.7 Å². The summed E-state index contributed by atoms with van der Waals surface area (Å²) in [6.45, 7) is 3.19. The van der Waals surface area contributed by atoms with Gasteiger partial charge in [0.2, 0.25) is 5.89 Å². The third-order valence-electron chi connectivity index (χ3n) is 4.99. The van der Waals surface area contributed by atoms with Gasteiger partial charge in [-0.1, -0.05) is 18.2 Å². The number of carbonyl (C=O) groups is 1. The van der Waals surface area contributed by atoms with E-state index in [4.69, 9.17) is 13.9 Å². The third-order valence-corrected chi connectivity index (χ3v) is 6.91. The lowest BCUT2D eigenvalue weighted by atomic mass is 10.2. The molecule has 2 aromatic heterocycles. The van der Waals surface area contributed by atoms with Crippen LogP contribution in [0.4, 0.5) is 0 Å². The molecule has 3 heterocycles. The van der Waals surface area contributed by atoms with Crippen molar-refractivity contribution in [3.05, 3.63) is 58.8 Å². The van der Waals surface area contributed by atoms with Crippen LogP contribution in [0.15, 0.2) is 46.2 Å². The summed E-state index contributed by atoms with van der Waals surface area (Å²) in [6.07, 6.45) is 0.689. The maximum atomic E-state index is 11.9. The second-order valence-corrected chi connectivity index (χ2v) is 8.97. The van der Waals surface area contributed by atoms with Crippen molar-refractivity contribution in [2.75, 3.05) is 25.3 Å². The maximum absolute atomic E-state index is 11.9. The number of esters is 1. The van der Waals surface area contributed by atoms with Crippen molar-refractivity contribution in [3.63, 3.8) is 0 Å². The average molecular weight is 445 g/mol. The zero-order valence-corrected chi connectivity index (χ0v) is 18.6. The number of nitrogens with zero attached hydrogens (tertiary/aromatic N) is 2. The highest BCUT2D eigenvalue weighted by atomic mass is 32.2. The van der Waals surface area contributed by atoms with E-state index in [1.165, 1.54) is 7.11 Å². The standard InChI is InChI=1S/C22H24N2O4S2/c1-15-18(23-21(28-15)20-4-3-11-30-20)9-10-27-17-7-5-16(6-8-17)12-24-14-29-13-19(24)22(25)26-2/h3-8,11,19H,9-10,12-14H2,1-2H3. The van der Waals surface area contributed by atoms with E-state index in [0.717, 1.165) is 45.8 Å². The molecular weight excluding hydrogens is 420 g/mol. The molecule has 6 nitrogen and oxygen atoms in total. The molecule has 1 unspecified atom stereocenters. The van der Waals surface area contributed by atoms with Crippen LogP contribution in [-0.4, -0.2) is 47.2 Å². The van der Waals surface area contributed by atoms with Crippen LogP contribution in [0, 0.1) is 6.92 Å². The molecule has 8 heteroatoms. The monoisotopic (exact) mass is 444 g/mol. The molecule has 4 rings (SSSR count). The first-order chi connectivity index (χ1) is 14.6. The van der Waals surface area contributed by atoms with E-state index < -0.39 is 0 Å². The Hall–Kier alpha value is -2.29. The van der Waals surface area contributed by atoms with Crippen molar-refractivity contribution in [3.8, 4) is 16.5 Å². The van der Waals surface area contributed by atoms with E-state index in [0.29, 0.717) is 18.9 Å². The van der Waals surface area contributed by atoms with Crippen LogP contribution in [0.1, 0.15) is 17.0 Å². The molecule has 1 aliphatic rings. The Kier molecular flexibility index (Phi) is 6.76. The summed E-state index contributed by atoms with van der Waals surface area (Å²) in [5.41, 5.74) is 2.07. The molecule has 0 spiro atoms. The zero-order chi connectivity index (χ0) is 20.9. The SMILES string of the molecule is COC(=O)C1CSCN1Cc1ccc(OCCc2nc(-c3cccs3)oc2C)cc1. The molecule has 0 radical (unpaired) electrons. The predicted molar refractivity (Wildman–Crippen MR) is 119 cm³/mol. The number of thioether (sulfide) groups is 1. The molecule has 1 aromatic carbocycles. The highest BCUT2D eigenvalue weighted by molar-refractivity contribution is 7.99. The maximum Gasteiger partial charge on any atom is 0.323 e. The number of ether oxygens (including phenoxy) is 2. The number of aromatic nitrogens is 1. The lowest BCUT2D eigenvalue weighted by Gasteiger charge is -2.21. The van der Waals surface area contributed by atoms with Gasteiger partial charge in [-0.25, -0.2) is 4.98 Å². The predicted octanol–water partition coefficient (Wildman–Crippen LogP) is 4.38. The topological polar surface area (TPSA) is 64.8 Å². The molecule has 1 saturated heterocycles. The normalized spacial score (nSPS) is 16.7. The summed E-state index contributed by atoms with van der Waals surface area (Å²) in [4.78, 5) is 19.7. The lowest BCUT2D eigenvalue weighted by Crippen LogP contribution is -2.38. The van der Waals surface area contributed by atoms with E-state index in [2.05, 4.69) is 9.88 Å².